The summed E-state index contributed by atoms with van der Waals surface area (Å²) in [6.07, 6.45) is 6.99. The molecule has 0 bridgehead atoms. The molecule has 0 aromatic rings. The Hall–Kier alpha value is -1.70. The Labute approximate surface area is 120 Å². The summed E-state index contributed by atoms with van der Waals surface area (Å²) in [7, 11) is 0. The van der Waals surface area contributed by atoms with Gasteiger partial charge in [0.25, 0.3) is 0 Å². The van der Waals surface area contributed by atoms with Crippen molar-refractivity contribution in [3.05, 3.63) is 0 Å². The fourth-order valence-corrected chi connectivity index (χ4v) is 2.31. The molecule has 0 aromatic carbocycles. The number of carboxylic acid groups (broad SMARTS) is 1. The maximum atomic E-state index is 12.2. The van der Waals surface area contributed by atoms with E-state index in [1.807, 2.05) is 0 Å². The van der Waals surface area contributed by atoms with E-state index in [0.29, 0.717) is 13.1 Å². The van der Waals surface area contributed by atoms with Crippen LogP contribution in [0.25, 0.3) is 0 Å². The first kappa shape index (κ1) is 16.4. The van der Waals surface area contributed by atoms with Crippen LogP contribution in [0.5, 0.6) is 0 Å². The third-order valence-corrected chi connectivity index (χ3v) is 4.06. The van der Waals surface area contributed by atoms with Crippen molar-refractivity contribution >= 4 is 12.0 Å². The summed E-state index contributed by atoms with van der Waals surface area (Å²) in [5, 5.41) is 12.1. The Bertz CT molecular complexity index is 435. The lowest BCUT2D eigenvalue weighted by Gasteiger charge is -2.40. The molecule has 1 unspecified atom stereocenters. The molecule has 0 aliphatic carbocycles. The quantitative estimate of drug-likeness (QED) is 0.776. The molecule has 0 spiro atoms. The van der Waals surface area contributed by atoms with E-state index in [0.717, 1.165) is 12.8 Å². The van der Waals surface area contributed by atoms with Crippen LogP contribution in [0.15, 0.2) is 0 Å². The minimum absolute atomic E-state index is 0.0477. The van der Waals surface area contributed by atoms with Crippen LogP contribution in [-0.2, 0) is 4.79 Å². The largest absolute Gasteiger partial charge is 0.481 e. The van der Waals surface area contributed by atoms with Gasteiger partial charge < -0.3 is 15.3 Å². The molecule has 1 aliphatic rings. The van der Waals surface area contributed by atoms with Gasteiger partial charge >= 0.3 is 12.0 Å². The second-order valence-electron chi connectivity index (χ2n) is 6.51. The Morgan fingerprint density at radius 2 is 1.95 bits per heavy atom. The number of hydrogen-bond acceptors (Lipinski definition) is 2. The lowest BCUT2D eigenvalue weighted by Crippen LogP contribution is -2.54. The highest BCUT2D eigenvalue weighted by atomic mass is 16.4. The zero-order valence-corrected chi connectivity index (χ0v) is 12.7. The second-order valence-corrected chi connectivity index (χ2v) is 6.51. The topological polar surface area (TPSA) is 69.6 Å². The van der Waals surface area contributed by atoms with Crippen molar-refractivity contribution in [1.29, 1.82) is 0 Å². The molecule has 20 heavy (non-hydrogen) atoms. The predicted octanol–water partition coefficient (Wildman–Crippen LogP) is 1.93. The molecule has 0 radical (unpaired) electrons. The average Bonchev–Trinajstić information content (AvgIpc) is 2.38. The van der Waals surface area contributed by atoms with E-state index in [-0.39, 0.29) is 11.9 Å². The number of nitrogens with one attached hydrogen (secondary N) is 1. The predicted molar refractivity (Wildman–Crippen MR) is 77.2 cm³/mol. The molecule has 112 valence electrons. The van der Waals surface area contributed by atoms with Gasteiger partial charge in [-0.3, -0.25) is 4.79 Å². The molecular weight excluding hydrogens is 256 g/mol. The van der Waals surface area contributed by atoms with E-state index < -0.39 is 16.9 Å². The van der Waals surface area contributed by atoms with Gasteiger partial charge in [-0.1, -0.05) is 5.92 Å². The van der Waals surface area contributed by atoms with Crippen molar-refractivity contribution in [2.45, 2.75) is 46.1 Å². The minimum atomic E-state index is -0.833. The van der Waals surface area contributed by atoms with Crippen LogP contribution in [0, 0.1) is 23.7 Å². The van der Waals surface area contributed by atoms with Gasteiger partial charge in [0.1, 0.15) is 0 Å². The molecule has 0 aromatic heterocycles. The smallest absolute Gasteiger partial charge is 0.318 e. The average molecular weight is 280 g/mol. The third kappa shape index (κ3) is 3.66. The number of amides is 2. The first-order chi connectivity index (χ1) is 9.10. The fraction of sp³-hybridized carbons (Fsp3) is 0.733. The zero-order chi connectivity index (χ0) is 15.6. The van der Waals surface area contributed by atoms with Gasteiger partial charge in [-0.2, -0.15) is 0 Å². The number of carboxylic acids is 1. The molecule has 1 saturated heterocycles. The molecule has 1 aliphatic heterocycles. The molecule has 2 amide bonds. The van der Waals surface area contributed by atoms with Gasteiger partial charge in [-0.05, 0) is 46.5 Å². The van der Waals surface area contributed by atoms with Crippen LogP contribution < -0.4 is 5.32 Å². The van der Waals surface area contributed by atoms with E-state index in [4.69, 9.17) is 6.42 Å². The van der Waals surface area contributed by atoms with Crippen LogP contribution in [0.4, 0.5) is 4.79 Å². The molecule has 1 heterocycles. The van der Waals surface area contributed by atoms with Crippen LogP contribution >= 0.6 is 0 Å². The number of likely N-dealkylation sites (tertiary alicyclic amines) is 1. The minimum Gasteiger partial charge on any atom is -0.481 e. The number of nitrogens with zero attached hydrogens (tertiary/aromatic N) is 1. The number of piperidine rings is 1. The maximum Gasteiger partial charge on any atom is 0.318 e. The van der Waals surface area contributed by atoms with Crippen molar-refractivity contribution in [2.24, 2.45) is 11.3 Å². The highest BCUT2D eigenvalue weighted by Gasteiger charge is 2.40. The number of carbonyl (C=O) groups excluding carboxylic acids is 1. The molecule has 2 N–H and O–H groups in total. The molecule has 1 fully saturated rings. The van der Waals surface area contributed by atoms with Gasteiger partial charge in [0.2, 0.25) is 0 Å². The van der Waals surface area contributed by atoms with Gasteiger partial charge in [-0.15, -0.1) is 6.42 Å². The lowest BCUT2D eigenvalue weighted by atomic mass is 9.74. The van der Waals surface area contributed by atoms with E-state index in [2.05, 4.69) is 11.2 Å². The summed E-state index contributed by atoms with van der Waals surface area (Å²) in [6.45, 7) is 8.03. The van der Waals surface area contributed by atoms with E-state index >= 15 is 0 Å². The van der Waals surface area contributed by atoms with E-state index in [1.165, 1.54) is 0 Å². The molecule has 1 rings (SSSR count). The van der Waals surface area contributed by atoms with Gasteiger partial charge in [0.15, 0.2) is 0 Å². The van der Waals surface area contributed by atoms with E-state index in [9.17, 15) is 14.7 Å². The lowest BCUT2D eigenvalue weighted by molar-refractivity contribution is -0.151. The van der Waals surface area contributed by atoms with E-state index in [1.54, 1.807) is 32.6 Å². The summed E-state index contributed by atoms with van der Waals surface area (Å²) in [5.74, 6) is 1.65. The number of rotatable bonds is 3. The number of hydrogen-bond donors (Lipinski definition) is 2. The highest BCUT2D eigenvalue weighted by Crippen LogP contribution is 2.34. The normalized spacial score (nSPS) is 20.1. The molecule has 0 saturated carbocycles. The number of urea groups is 1. The van der Waals surface area contributed by atoms with Crippen molar-refractivity contribution in [2.75, 3.05) is 13.1 Å². The monoisotopic (exact) mass is 280 g/mol. The van der Waals surface area contributed by atoms with Crippen LogP contribution in [0.3, 0.4) is 0 Å². The Kier molecular flexibility index (Phi) is 4.69. The highest BCUT2D eigenvalue weighted by molar-refractivity contribution is 5.76. The number of aliphatic carboxylic acids is 1. The Morgan fingerprint density at radius 1 is 1.35 bits per heavy atom. The van der Waals surface area contributed by atoms with Crippen LogP contribution in [-0.4, -0.2) is 40.6 Å². The Morgan fingerprint density at radius 3 is 2.45 bits per heavy atom. The second kappa shape index (κ2) is 5.74. The van der Waals surface area contributed by atoms with Crippen molar-refractivity contribution < 1.29 is 14.7 Å². The summed E-state index contributed by atoms with van der Waals surface area (Å²) in [6, 6.07) is -0.223. The summed E-state index contributed by atoms with van der Waals surface area (Å²) < 4.78 is 0. The first-order valence-electron chi connectivity index (χ1n) is 6.88. The Balaban J connectivity index is 2.73. The van der Waals surface area contributed by atoms with Crippen molar-refractivity contribution in [3.8, 4) is 12.3 Å². The van der Waals surface area contributed by atoms with Crippen molar-refractivity contribution in [3.63, 3.8) is 0 Å². The van der Waals surface area contributed by atoms with Crippen molar-refractivity contribution in [1.82, 2.24) is 10.2 Å². The number of terminal acetylenes is 1. The van der Waals surface area contributed by atoms with Crippen LogP contribution in [0.2, 0.25) is 0 Å². The summed E-state index contributed by atoms with van der Waals surface area (Å²) in [4.78, 5) is 25.2. The summed E-state index contributed by atoms with van der Waals surface area (Å²) >= 11 is 0. The standard InChI is InChI=1S/C15H24N2O3/c1-6-14(2,3)16-13(20)17-9-7-8-11(10-17)15(4,5)12(18)19/h1,11H,7-10H2,2-5H3,(H,16,20)(H,18,19). The third-order valence-electron chi connectivity index (χ3n) is 4.06. The SMILES string of the molecule is C#CC(C)(C)NC(=O)N1CCCC(C(C)(C)C(=O)O)C1. The molecular formula is C15H24N2O3. The zero-order valence-electron chi connectivity index (χ0n) is 12.7. The molecule has 1 atom stereocenters. The summed E-state index contributed by atoms with van der Waals surface area (Å²) in [5.41, 5.74) is -1.53. The van der Waals surface area contributed by atoms with Gasteiger partial charge in [-0.25, -0.2) is 4.79 Å². The molecule has 5 nitrogen and oxygen atoms in total. The van der Waals surface area contributed by atoms with Gasteiger partial charge in [0.05, 0.1) is 11.0 Å². The van der Waals surface area contributed by atoms with Crippen LogP contribution in [0.1, 0.15) is 40.5 Å². The maximum absolute atomic E-state index is 12.2. The number of carbonyl (C=O) groups is 2. The first-order valence-corrected chi connectivity index (χ1v) is 6.88. The fourth-order valence-electron chi connectivity index (χ4n) is 2.31. The molecule has 5 heteroatoms. The van der Waals surface area contributed by atoms with Gasteiger partial charge in [0, 0.05) is 13.1 Å².